The fourth-order valence-corrected chi connectivity index (χ4v) is 1.96. The maximum absolute atomic E-state index is 10.9. The highest BCUT2D eigenvalue weighted by atomic mass is 16.6. The zero-order valence-corrected chi connectivity index (χ0v) is 11.6. The van der Waals surface area contributed by atoms with Crippen LogP contribution in [0.2, 0.25) is 0 Å². The monoisotopic (exact) mass is 280 g/mol. The summed E-state index contributed by atoms with van der Waals surface area (Å²) < 4.78 is 5.43. The third kappa shape index (κ3) is 3.39. The summed E-state index contributed by atoms with van der Waals surface area (Å²) in [4.78, 5) is 10.5. The number of benzene rings is 1. The molecule has 0 bridgehead atoms. The first-order valence-electron chi connectivity index (χ1n) is 6.86. The Morgan fingerprint density at radius 3 is 2.80 bits per heavy atom. The van der Waals surface area contributed by atoms with Gasteiger partial charge in [-0.3, -0.25) is 10.1 Å². The summed E-state index contributed by atoms with van der Waals surface area (Å²) in [5, 5.41) is 23.4. The summed E-state index contributed by atoms with van der Waals surface area (Å²) in [5.74, 6) is 0.288. The SMILES string of the molecule is CCCOc1cc(NCC2(CO)CC2)ccc1[N+](=O)[O-]. The van der Waals surface area contributed by atoms with Gasteiger partial charge in [0.05, 0.1) is 18.1 Å². The van der Waals surface area contributed by atoms with Crippen molar-refractivity contribution >= 4 is 11.4 Å². The fraction of sp³-hybridized carbons (Fsp3) is 0.571. The average molecular weight is 280 g/mol. The number of rotatable bonds is 8. The van der Waals surface area contributed by atoms with Crippen molar-refractivity contribution in [3.8, 4) is 5.75 Å². The Hall–Kier alpha value is -1.82. The number of nitrogens with zero attached hydrogens (tertiary/aromatic N) is 1. The van der Waals surface area contributed by atoms with E-state index in [1.165, 1.54) is 6.07 Å². The van der Waals surface area contributed by atoms with Crippen LogP contribution in [-0.4, -0.2) is 29.8 Å². The van der Waals surface area contributed by atoms with E-state index in [-0.39, 0.29) is 23.5 Å². The van der Waals surface area contributed by atoms with E-state index in [9.17, 15) is 15.2 Å². The topological polar surface area (TPSA) is 84.6 Å². The van der Waals surface area contributed by atoms with Crippen molar-refractivity contribution in [1.29, 1.82) is 0 Å². The minimum absolute atomic E-state index is 0.00772. The number of aliphatic hydroxyl groups excluding tert-OH is 1. The van der Waals surface area contributed by atoms with Crippen LogP contribution in [0.1, 0.15) is 26.2 Å². The molecule has 0 amide bonds. The van der Waals surface area contributed by atoms with E-state index in [4.69, 9.17) is 4.74 Å². The first kappa shape index (κ1) is 14.6. The van der Waals surface area contributed by atoms with Crippen LogP contribution in [0.15, 0.2) is 18.2 Å². The number of hydrogen-bond donors (Lipinski definition) is 2. The molecule has 2 N–H and O–H groups in total. The van der Waals surface area contributed by atoms with Crippen molar-refractivity contribution in [2.75, 3.05) is 25.1 Å². The van der Waals surface area contributed by atoms with Gasteiger partial charge in [-0.1, -0.05) is 6.92 Å². The maximum Gasteiger partial charge on any atom is 0.311 e. The van der Waals surface area contributed by atoms with E-state index in [0.717, 1.165) is 24.9 Å². The van der Waals surface area contributed by atoms with Crippen molar-refractivity contribution in [2.45, 2.75) is 26.2 Å². The van der Waals surface area contributed by atoms with Gasteiger partial charge in [0.25, 0.3) is 0 Å². The summed E-state index contributed by atoms with van der Waals surface area (Å²) >= 11 is 0. The number of aliphatic hydroxyl groups is 1. The molecule has 6 nitrogen and oxygen atoms in total. The molecule has 0 radical (unpaired) electrons. The van der Waals surface area contributed by atoms with E-state index in [0.29, 0.717) is 13.2 Å². The van der Waals surface area contributed by atoms with Crippen LogP contribution in [0.5, 0.6) is 5.75 Å². The zero-order valence-electron chi connectivity index (χ0n) is 11.6. The summed E-state index contributed by atoms with van der Waals surface area (Å²) in [6.45, 7) is 3.25. The molecular weight excluding hydrogens is 260 g/mol. The second kappa shape index (κ2) is 6.09. The Morgan fingerprint density at radius 2 is 2.25 bits per heavy atom. The minimum Gasteiger partial charge on any atom is -0.487 e. The van der Waals surface area contributed by atoms with Gasteiger partial charge in [-0.05, 0) is 25.3 Å². The molecule has 0 aromatic heterocycles. The van der Waals surface area contributed by atoms with Crippen LogP contribution < -0.4 is 10.1 Å². The van der Waals surface area contributed by atoms with E-state index in [2.05, 4.69) is 5.32 Å². The lowest BCUT2D eigenvalue weighted by Crippen LogP contribution is -2.19. The quantitative estimate of drug-likeness (QED) is 0.564. The van der Waals surface area contributed by atoms with E-state index in [1.807, 2.05) is 6.92 Å². The molecule has 0 saturated heterocycles. The van der Waals surface area contributed by atoms with Crippen LogP contribution in [0.25, 0.3) is 0 Å². The predicted octanol–water partition coefficient (Wildman–Crippen LogP) is 2.57. The van der Waals surface area contributed by atoms with E-state index < -0.39 is 4.92 Å². The van der Waals surface area contributed by atoms with Gasteiger partial charge in [0, 0.05) is 29.8 Å². The lowest BCUT2D eigenvalue weighted by atomic mass is 10.1. The molecule has 1 aromatic rings. The second-order valence-electron chi connectivity index (χ2n) is 5.30. The van der Waals surface area contributed by atoms with Gasteiger partial charge < -0.3 is 15.2 Å². The van der Waals surface area contributed by atoms with Crippen LogP contribution >= 0.6 is 0 Å². The zero-order chi connectivity index (χ0) is 14.6. The Morgan fingerprint density at radius 1 is 1.50 bits per heavy atom. The Bertz CT molecular complexity index is 486. The van der Waals surface area contributed by atoms with Gasteiger partial charge in [0.2, 0.25) is 0 Å². The Balaban J connectivity index is 2.07. The number of ether oxygens (including phenoxy) is 1. The van der Waals surface area contributed by atoms with Gasteiger partial charge >= 0.3 is 5.69 Å². The van der Waals surface area contributed by atoms with Crippen molar-refractivity contribution < 1.29 is 14.8 Å². The summed E-state index contributed by atoms with van der Waals surface area (Å²) in [6.07, 6.45) is 2.83. The molecule has 0 heterocycles. The van der Waals surface area contributed by atoms with E-state index >= 15 is 0 Å². The maximum atomic E-state index is 10.9. The highest BCUT2D eigenvalue weighted by Crippen LogP contribution is 2.45. The molecule has 1 aliphatic rings. The summed E-state index contributed by atoms with van der Waals surface area (Å²) in [6, 6.07) is 4.78. The third-order valence-corrected chi connectivity index (χ3v) is 3.58. The van der Waals surface area contributed by atoms with Gasteiger partial charge in [-0.2, -0.15) is 0 Å². The van der Waals surface area contributed by atoms with Crippen LogP contribution in [0.4, 0.5) is 11.4 Å². The number of hydrogen-bond acceptors (Lipinski definition) is 5. The first-order valence-corrected chi connectivity index (χ1v) is 6.86. The molecule has 6 heteroatoms. The molecule has 1 aromatic carbocycles. The lowest BCUT2D eigenvalue weighted by Gasteiger charge is -2.14. The van der Waals surface area contributed by atoms with E-state index in [1.54, 1.807) is 12.1 Å². The second-order valence-corrected chi connectivity index (χ2v) is 5.30. The van der Waals surface area contributed by atoms with Crippen LogP contribution in [-0.2, 0) is 0 Å². The van der Waals surface area contributed by atoms with Gasteiger partial charge in [0.15, 0.2) is 5.75 Å². The molecule has 20 heavy (non-hydrogen) atoms. The largest absolute Gasteiger partial charge is 0.487 e. The third-order valence-electron chi connectivity index (χ3n) is 3.58. The predicted molar refractivity (Wildman–Crippen MR) is 76.1 cm³/mol. The molecule has 0 unspecified atom stereocenters. The normalized spacial score (nSPS) is 15.7. The Labute approximate surface area is 117 Å². The molecule has 0 spiro atoms. The van der Waals surface area contributed by atoms with Crippen LogP contribution in [0.3, 0.4) is 0 Å². The van der Waals surface area contributed by atoms with Gasteiger partial charge in [-0.15, -0.1) is 0 Å². The molecule has 1 aliphatic carbocycles. The Kier molecular flexibility index (Phi) is 4.44. The number of anilines is 1. The van der Waals surface area contributed by atoms with Crippen molar-refractivity contribution in [3.63, 3.8) is 0 Å². The average Bonchev–Trinajstić information content (AvgIpc) is 3.23. The summed E-state index contributed by atoms with van der Waals surface area (Å²) in [7, 11) is 0. The number of nitro benzene ring substituents is 1. The molecular formula is C14H20N2O4. The minimum atomic E-state index is -0.440. The molecule has 1 saturated carbocycles. The van der Waals surface area contributed by atoms with Gasteiger partial charge in [-0.25, -0.2) is 0 Å². The molecule has 2 rings (SSSR count). The van der Waals surface area contributed by atoms with Crippen molar-refractivity contribution in [2.24, 2.45) is 5.41 Å². The van der Waals surface area contributed by atoms with Crippen LogP contribution in [0, 0.1) is 15.5 Å². The summed E-state index contributed by atoms with van der Waals surface area (Å²) in [5.41, 5.74) is 0.750. The van der Waals surface area contributed by atoms with Crippen molar-refractivity contribution in [3.05, 3.63) is 28.3 Å². The highest BCUT2D eigenvalue weighted by Gasteiger charge is 2.41. The number of nitro groups is 1. The fourth-order valence-electron chi connectivity index (χ4n) is 1.96. The van der Waals surface area contributed by atoms with Crippen molar-refractivity contribution in [1.82, 2.24) is 0 Å². The lowest BCUT2D eigenvalue weighted by molar-refractivity contribution is -0.385. The van der Waals surface area contributed by atoms with Gasteiger partial charge in [0.1, 0.15) is 0 Å². The standard InChI is InChI=1S/C14H20N2O4/c1-2-7-20-13-8-11(3-4-12(13)16(18)19)15-9-14(10-17)5-6-14/h3-4,8,15,17H,2,5-7,9-10H2,1H3. The molecule has 0 atom stereocenters. The number of nitrogens with one attached hydrogen (secondary N) is 1. The molecule has 0 aliphatic heterocycles. The smallest absolute Gasteiger partial charge is 0.311 e. The molecule has 110 valence electrons. The highest BCUT2D eigenvalue weighted by molar-refractivity contribution is 5.58. The first-order chi connectivity index (χ1) is 9.60. The molecule has 1 fully saturated rings.